The van der Waals surface area contributed by atoms with Gasteiger partial charge in [-0.15, -0.1) is 0 Å². The number of rotatable bonds is 4. The number of carbonyl (C=O) groups is 1. The fraction of sp³-hybridized carbons (Fsp3) is 0.643. The molecule has 38 heavy (non-hydrogen) atoms. The van der Waals surface area contributed by atoms with E-state index in [1.165, 1.54) is 11.3 Å². The molecule has 1 amide bonds. The van der Waals surface area contributed by atoms with E-state index in [0.717, 1.165) is 74.7 Å². The Balaban J connectivity index is 1.14. The Morgan fingerprint density at radius 3 is 2.53 bits per heavy atom. The molecule has 0 saturated carbocycles. The average molecular weight is 542 g/mol. The first-order chi connectivity index (χ1) is 18.6. The standard InChI is InChI=1S/C28H39N5O4S/c1-31-24-9-18-38(35)25(24)26(29-23-7-14-36-15-8-23)30-28(31)33-10-5-20(6-11-33)21-3-2-4-22(19-21)27(34)32-12-16-37-17-13-32/h2-4,19-20,23,28H,5-18H2,1H3,(H,29,30). The quantitative estimate of drug-likeness (QED) is 0.625. The van der Waals surface area contributed by atoms with E-state index in [1.54, 1.807) is 0 Å². The lowest BCUT2D eigenvalue weighted by molar-refractivity contribution is 0.0302. The Labute approximate surface area is 227 Å². The molecule has 0 bridgehead atoms. The molecule has 5 aliphatic rings. The highest BCUT2D eigenvalue weighted by Crippen LogP contribution is 2.35. The van der Waals surface area contributed by atoms with E-state index in [1.807, 2.05) is 17.0 Å². The Bertz CT molecular complexity index is 1120. The number of ether oxygens (including phenoxy) is 2. The first kappa shape index (κ1) is 26.0. The fourth-order valence-electron chi connectivity index (χ4n) is 6.32. The number of likely N-dealkylation sites (tertiary alicyclic amines) is 1. The third-order valence-electron chi connectivity index (χ3n) is 8.57. The smallest absolute Gasteiger partial charge is 0.254 e. The van der Waals surface area contributed by atoms with Crippen LogP contribution in [0.1, 0.15) is 53.9 Å². The van der Waals surface area contributed by atoms with Crippen molar-refractivity contribution >= 4 is 22.5 Å². The van der Waals surface area contributed by atoms with Crippen molar-refractivity contribution in [1.29, 1.82) is 0 Å². The van der Waals surface area contributed by atoms with Crippen LogP contribution in [0.15, 0.2) is 39.9 Å². The van der Waals surface area contributed by atoms with Gasteiger partial charge in [0.15, 0.2) is 6.29 Å². The molecule has 1 aromatic carbocycles. The number of benzene rings is 1. The van der Waals surface area contributed by atoms with Gasteiger partial charge in [0.1, 0.15) is 10.7 Å². The fourth-order valence-corrected chi connectivity index (χ4v) is 7.74. The van der Waals surface area contributed by atoms with E-state index in [9.17, 15) is 9.00 Å². The van der Waals surface area contributed by atoms with Crippen molar-refractivity contribution in [3.8, 4) is 0 Å². The topological polar surface area (TPSA) is 86.7 Å². The van der Waals surface area contributed by atoms with Crippen LogP contribution in [-0.2, 0) is 20.3 Å². The molecule has 1 aromatic rings. The van der Waals surface area contributed by atoms with Gasteiger partial charge < -0.3 is 24.6 Å². The van der Waals surface area contributed by atoms with Crippen LogP contribution >= 0.6 is 0 Å². The SMILES string of the molecule is CN1C2=C(C(NC3CCOCC3)=NC1N1CCC(c3cccc(C(=O)N4CCOCC4)c3)CC1)S(=O)CC2. The number of carbonyl (C=O) groups excluding carboxylic acids is 1. The van der Waals surface area contributed by atoms with Crippen molar-refractivity contribution in [3.05, 3.63) is 46.0 Å². The first-order valence-electron chi connectivity index (χ1n) is 14.1. The minimum atomic E-state index is -0.996. The van der Waals surface area contributed by atoms with Crippen molar-refractivity contribution in [3.63, 3.8) is 0 Å². The molecule has 5 aliphatic heterocycles. The third-order valence-corrected chi connectivity index (χ3v) is 10.0. The first-order valence-corrected chi connectivity index (χ1v) is 15.4. The summed E-state index contributed by atoms with van der Waals surface area (Å²) in [6, 6.07) is 8.55. The van der Waals surface area contributed by atoms with E-state index in [0.29, 0.717) is 44.0 Å². The van der Waals surface area contributed by atoms with Crippen molar-refractivity contribution in [2.24, 2.45) is 4.99 Å². The van der Waals surface area contributed by atoms with Gasteiger partial charge in [-0.2, -0.15) is 0 Å². The van der Waals surface area contributed by atoms with Crippen molar-refractivity contribution in [2.75, 3.05) is 65.4 Å². The van der Waals surface area contributed by atoms with Crippen LogP contribution in [0.3, 0.4) is 0 Å². The summed E-state index contributed by atoms with van der Waals surface area (Å²) in [6.45, 7) is 5.93. The predicted octanol–water partition coefficient (Wildman–Crippen LogP) is 2.10. The zero-order valence-corrected chi connectivity index (χ0v) is 23.1. The van der Waals surface area contributed by atoms with Crippen LogP contribution in [-0.4, -0.2) is 108 Å². The number of morpholine rings is 1. The highest BCUT2D eigenvalue weighted by atomic mass is 32.2. The summed E-state index contributed by atoms with van der Waals surface area (Å²) in [5.41, 5.74) is 3.21. The van der Waals surface area contributed by atoms with Crippen LogP contribution in [0.2, 0.25) is 0 Å². The van der Waals surface area contributed by atoms with E-state index >= 15 is 0 Å². The van der Waals surface area contributed by atoms with Gasteiger partial charge in [0, 0.05) is 75.9 Å². The molecule has 9 nitrogen and oxygen atoms in total. The third kappa shape index (κ3) is 5.28. The predicted molar refractivity (Wildman–Crippen MR) is 147 cm³/mol. The summed E-state index contributed by atoms with van der Waals surface area (Å²) in [5.74, 6) is 2.04. The molecule has 0 radical (unpaired) electrons. The lowest BCUT2D eigenvalue weighted by Crippen LogP contribution is -2.52. The second-order valence-corrected chi connectivity index (χ2v) is 12.4. The molecule has 206 valence electrons. The normalized spacial score (nSPS) is 27.9. The number of amidine groups is 1. The molecule has 0 spiro atoms. The number of piperidine rings is 1. The molecule has 3 saturated heterocycles. The molecule has 3 fully saturated rings. The van der Waals surface area contributed by atoms with Crippen molar-refractivity contribution in [1.82, 2.24) is 20.0 Å². The van der Waals surface area contributed by atoms with Crippen molar-refractivity contribution < 1.29 is 18.5 Å². The molecule has 1 N–H and O–H groups in total. The number of amides is 1. The monoisotopic (exact) mass is 541 g/mol. The minimum absolute atomic E-state index is 0.0821. The lowest BCUT2D eigenvalue weighted by Gasteiger charge is -2.43. The average Bonchev–Trinajstić information content (AvgIpc) is 3.37. The largest absolute Gasteiger partial charge is 0.381 e. The minimum Gasteiger partial charge on any atom is -0.381 e. The molecular formula is C28H39N5O4S. The summed E-state index contributed by atoms with van der Waals surface area (Å²) in [4.78, 5) is 25.7. The zero-order valence-electron chi connectivity index (χ0n) is 22.3. The van der Waals surface area contributed by atoms with Crippen molar-refractivity contribution in [2.45, 2.75) is 50.4 Å². The number of hydrogen-bond donors (Lipinski definition) is 1. The Morgan fingerprint density at radius 1 is 1.03 bits per heavy atom. The van der Waals surface area contributed by atoms with Crippen LogP contribution in [0, 0.1) is 0 Å². The second kappa shape index (κ2) is 11.5. The van der Waals surface area contributed by atoms with Gasteiger partial charge in [0.05, 0.1) is 24.0 Å². The van der Waals surface area contributed by atoms with Gasteiger partial charge in [0.25, 0.3) is 5.91 Å². The molecule has 0 aliphatic carbocycles. The van der Waals surface area contributed by atoms with Gasteiger partial charge in [-0.3, -0.25) is 13.9 Å². The maximum absolute atomic E-state index is 13.0. The Kier molecular flexibility index (Phi) is 7.83. The molecule has 2 atom stereocenters. The summed E-state index contributed by atoms with van der Waals surface area (Å²) < 4.78 is 23.8. The van der Waals surface area contributed by atoms with E-state index in [2.05, 4.69) is 34.3 Å². The number of allylic oxidation sites excluding steroid dienone is 1. The Hall–Kier alpha value is -2.27. The molecule has 10 heteroatoms. The van der Waals surface area contributed by atoms with Crippen LogP contribution in [0.4, 0.5) is 0 Å². The van der Waals surface area contributed by atoms with Gasteiger partial charge >= 0.3 is 0 Å². The zero-order chi connectivity index (χ0) is 26.1. The van der Waals surface area contributed by atoms with Crippen LogP contribution < -0.4 is 5.32 Å². The van der Waals surface area contributed by atoms with E-state index < -0.39 is 10.8 Å². The molecular weight excluding hydrogens is 502 g/mol. The van der Waals surface area contributed by atoms with E-state index in [-0.39, 0.29) is 12.2 Å². The van der Waals surface area contributed by atoms with Crippen LogP contribution in [0.5, 0.6) is 0 Å². The maximum atomic E-state index is 13.0. The molecule has 2 unspecified atom stereocenters. The number of aliphatic imine (C=N–C) groups is 1. The second-order valence-electron chi connectivity index (χ2n) is 10.9. The summed E-state index contributed by atoms with van der Waals surface area (Å²) in [5, 5.41) is 3.65. The lowest BCUT2D eigenvalue weighted by atomic mass is 9.88. The summed E-state index contributed by atoms with van der Waals surface area (Å²) in [7, 11) is 1.10. The molecule has 5 heterocycles. The van der Waals surface area contributed by atoms with Gasteiger partial charge in [0.2, 0.25) is 0 Å². The number of nitrogens with one attached hydrogen (secondary N) is 1. The molecule has 0 aromatic heterocycles. The Morgan fingerprint density at radius 2 is 1.76 bits per heavy atom. The molecule has 6 rings (SSSR count). The number of hydrogen-bond acceptors (Lipinski definition) is 8. The maximum Gasteiger partial charge on any atom is 0.254 e. The van der Waals surface area contributed by atoms with Gasteiger partial charge in [-0.25, -0.2) is 4.99 Å². The van der Waals surface area contributed by atoms with Crippen LogP contribution in [0.25, 0.3) is 0 Å². The van der Waals surface area contributed by atoms with Gasteiger partial charge in [-0.1, -0.05) is 12.1 Å². The van der Waals surface area contributed by atoms with Gasteiger partial charge in [-0.05, 0) is 49.3 Å². The number of nitrogens with zero attached hydrogens (tertiary/aromatic N) is 4. The summed E-state index contributed by atoms with van der Waals surface area (Å²) >= 11 is 0. The highest BCUT2D eigenvalue weighted by molar-refractivity contribution is 7.90. The summed E-state index contributed by atoms with van der Waals surface area (Å²) in [6.07, 6.45) is 4.71. The van der Waals surface area contributed by atoms with E-state index in [4.69, 9.17) is 14.5 Å². The highest BCUT2D eigenvalue weighted by Gasteiger charge is 2.39.